The first kappa shape index (κ1) is 15.1. The highest BCUT2D eigenvalue weighted by molar-refractivity contribution is 5.84. The Labute approximate surface area is 153 Å². The molecule has 5 heteroatoms. The molecular weight excluding hydrogens is 328 g/mol. The summed E-state index contributed by atoms with van der Waals surface area (Å²) in [6.45, 7) is 0.816. The van der Waals surface area contributed by atoms with Gasteiger partial charge in [-0.05, 0) is 49.1 Å². The summed E-state index contributed by atoms with van der Waals surface area (Å²) in [6, 6.07) is 8.75. The molecule has 5 unspecified atom stereocenters. The van der Waals surface area contributed by atoms with E-state index in [1.165, 1.54) is 12.7 Å². The van der Waals surface area contributed by atoms with Gasteiger partial charge in [-0.1, -0.05) is 18.2 Å². The van der Waals surface area contributed by atoms with Gasteiger partial charge in [0, 0.05) is 30.1 Å². The van der Waals surface area contributed by atoms with Crippen molar-refractivity contribution in [2.24, 2.45) is 11.3 Å². The van der Waals surface area contributed by atoms with E-state index >= 15 is 0 Å². The Hall–Kier alpha value is -2.04. The SMILES string of the molecule is COC(=O)C1CC23CCC(=O)N4CCC5(c6ccccc6NC15CC2)C43. The zero-order valence-electron chi connectivity index (χ0n) is 15.1. The molecule has 26 heavy (non-hydrogen) atoms. The van der Waals surface area contributed by atoms with Crippen molar-refractivity contribution in [3.05, 3.63) is 29.8 Å². The van der Waals surface area contributed by atoms with Crippen LogP contribution >= 0.6 is 0 Å². The van der Waals surface area contributed by atoms with Crippen LogP contribution in [0.5, 0.6) is 0 Å². The van der Waals surface area contributed by atoms with Crippen molar-refractivity contribution in [2.45, 2.75) is 55.5 Å². The molecule has 0 radical (unpaired) electrons. The summed E-state index contributed by atoms with van der Waals surface area (Å²) >= 11 is 0. The van der Waals surface area contributed by atoms with Crippen molar-refractivity contribution in [2.75, 3.05) is 19.0 Å². The Balaban J connectivity index is 1.65. The highest BCUT2D eigenvalue weighted by atomic mass is 16.5. The second-order valence-electron chi connectivity index (χ2n) is 9.00. The second kappa shape index (κ2) is 4.44. The number of ether oxygens (including phenoxy) is 1. The molecule has 5 fully saturated rings. The zero-order valence-corrected chi connectivity index (χ0v) is 15.1. The quantitative estimate of drug-likeness (QED) is 0.789. The second-order valence-corrected chi connectivity index (χ2v) is 9.00. The molecule has 5 nitrogen and oxygen atoms in total. The molecule has 6 aliphatic rings. The van der Waals surface area contributed by atoms with Crippen LogP contribution in [-0.2, 0) is 19.7 Å². The van der Waals surface area contributed by atoms with Crippen molar-refractivity contribution in [1.29, 1.82) is 0 Å². The molecule has 3 aliphatic heterocycles. The van der Waals surface area contributed by atoms with Crippen LogP contribution in [0, 0.1) is 11.3 Å². The lowest BCUT2D eigenvalue weighted by molar-refractivity contribution is -0.176. The van der Waals surface area contributed by atoms with Gasteiger partial charge in [-0.2, -0.15) is 0 Å². The number of nitrogens with one attached hydrogen (secondary N) is 1. The molecule has 7 rings (SSSR count). The number of methoxy groups -OCH3 is 1. The first-order chi connectivity index (χ1) is 12.6. The minimum absolute atomic E-state index is 0.0597. The molecule has 5 atom stereocenters. The van der Waals surface area contributed by atoms with Crippen LogP contribution in [0.4, 0.5) is 5.69 Å². The average Bonchev–Trinajstić information content (AvgIpc) is 3.23. The third-order valence-electron chi connectivity index (χ3n) is 8.53. The summed E-state index contributed by atoms with van der Waals surface area (Å²) in [4.78, 5) is 27.8. The van der Waals surface area contributed by atoms with E-state index in [4.69, 9.17) is 4.74 Å². The van der Waals surface area contributed by atoms with Crippen LogP contribution in [-0.4, -0.2) is 42.0 Å². The summed E-state index contributed by atoms with van der Waals surface area (Å²) in [5.74, 6) is 0.0785. The van der Waals surface area contributed by atoms with Crippen LogP contribution in [0.15, 0.2) is 24.3 Å². The largest absolute Gasteiger partial charge is 0.469 e. The lowest BCUT2D eigenvalue weighted by atomic mass is 9.39. The van der Waals surface area contributed by atoms with E-state index in [0.29, 0.717) is 12.3 Å². The van der Waals surface area contributed by atoms with Crippen LogP contribution in [0.3, 0.4) is 0 Å². The molecule has 3 spiro atoms. The topological polar surface area (TPSA) is 58.6 Å². The predicted octanol–water partition coefficient (Wildman–Crippen LogP) is 2.46. The molecule has 2 bridgehead atoms. The Morgan fingerprint density at radius 1 is 1.23 bits per heavy atom. The molecule has 1 aromatic rings. The number of rotatable bonds is 1. The fourth-order valence-electron chi connectivity index (χ4n) is 7.80. The number of piperidine rings is 1. The number of anilines is 1. The molecular formula is C21H24N2O3. The van der Waals surface area contributed by atoms with Crippen LogP contribution < -0.4 is 5.32 Å². The lowest BCUT2D eigenvalue weighted by Crippen LogP contribution is -2.77. The number of nitrogens with zero attached hydrogens (tertiary/aromatic N) is 1. The first-order valence-corrected chi connectivity index (χ1v) is 9.83. The number of benzene rings is 1. The van der Waals surface area contributed by atoms with Gasteiger partial charge in [-0.25, -0.2) is 0 Å². The van der Waals surface area contributed by atoms with Crippen LogP contribution in [0.25, 0.3) is 0 Å². The van der Waals surface area contributed by atoms with Crippen molar-refractivity contribution >= 4 is 17.6 Å². The Kier molecular flexibility index (Phi) is 2.57. The summed E-state index contributed by atoms with van der Waals surface area (Å²) in [7, 11) is 1.51. The maximum Gasteiger partial charge on any atom is 0.311 e. The first-order valence-electron chi connectivity index (χ1n) is 9.83. The maximum absolute atomic E-state index is 12.9. The Morgan fingerprint density at radius 3 is 2.92 bits per heavy atom. The molecule has 3 aliphatic carbocycles. The third kappa shape index (κ3) is 1.34. The van der Waals surface area contributed by atoms with E-state index in [0.717, 1.165) is 44.3 Å². The summed E-state index contributed by atoms with van der Waals surface area (Å²) < 4.78 is 5.29. The molecule has 1 amide bonds. The Morgan fingerprint density at radius 2 is 2.08 bits per heavy atom. The zero-order chi connectivity index (χ0) is 17.7. The van der Waals surface area contributed by atoms with Gasteiger partial charge in [0.05, 0.1) is 18.6 Å². The summed E-state index contributed by atoms with van der Waals surface area (Å²) in [5, 5.41) is 3.83. The van der Waals surface area contributed by atoms with Gasteiger partial charge in [0.15, 0.2) is 0 Å². The molecule has 3 heterocycles. The van der Waals surface area contributed by atoms with E-state index in [-0.39, 0.29) is 34.3 Å². The fraction of sp³-hybridized carbons (Fsp3) is 0.619. The van der Waals surface area contributed by atoms with Crippen LogP contribution in [0.2, 0.25) is 0 Å². The number of hydrogen-bond donors (Lipinski definition) is 1. The molecule has 1 aromatic carbocycles. The summed E-state index contributed by atoms with van der Waals surface area (Å²) in [6.07, 6.45) is 5.42. The summed E-state index contributed by atoms with van der Waals surface area (Å²) in [5.41, 5.74) is 2.06. The Bertz CT molecular complexity index is 853. The van der Waals surface area contributed by atoms with Gasteiger partial charge >= 0.3 is 5.97 Å². The van der Waals surface area contributed by atoms with E-state index < -0.39 is 0 Å². The van der Waals surface area contributed by atoms with Gasteiger partial charge in [0.1, 0.15) is 0 Å². The highest BCUT2D eigenvalue weighted by Crippen LogP contribution is 2.74. The smallest absolute Gasteiger partial charge is 0.311 e. The minimum Gasteiger partial charge on any atom is -0.469 e. The minimum atomic E-state index is -0.317. The van der Waals surface area contributed by atoms with Gasteiger partial charge in [0.2, 0.25) is 5.91 Å². The number of amides is 1. The molecule has 1 N–H and O–H groups in total. The standard InChI is InChI=1S/C21H24N2O3/c1-26-17(25)14-12-19-7-6-16(24)23-11-10-20(18(19)23)13-4-2-3-5-15(13)22-21(14,20)9-8-19/h2-5,14,18,22H,6-12H2,1H3. The maximum atomic E-state index is 12.9. The van der Waals surface area contributed by atoms with Crippen molar-refractivity contribution in [1.82, 2.24) is 4.90 Å². The van der Waals surface area contributed by atoms with Crippen molar-refractivity contribution in [3.8, 4) is 0 Å². The van der Waals surface area contributed by atoms with Gasteiger partial charge in [-0.15, -0.1) is 0 Å². The molecule has 2 saturated heterocycles. The van der Waals surface area contributed by atoms with E-state index in [2.05, 4.69) is 34.5 Å². The average molecular weight is 352 g/mol. The normalized spacial score (nSPS) is 44.2. The number of fused-ring (bicyclic) bond motifs is 3. The van der Waals surface area contributed by atoms with Crippen LogP contribution in [0.1, 0.15) is 44.1 Å². The lowest BCUT2D eigenvalue weighted by Gasteiger charge is -2.68. The number of carbonyl (C=O) groups excluding carboxylic acids is 2. The number of para-hydroxylation sites is 1. The monoisotopic (exact) mass is 352 g/mol. The van der Waals surface area contributed by atoms with E-state index in [1.807, 2.05) is 0 Å². The molecule has 3 saturated carbocycles. The molecule has 0 aromatic heterocycles. The van der Waals surface area contributed by atoms with Crippen molar-refractivity contribution in [3.63, 3.8) is 0 Å². The fourth-order valence-corrected chi connectivity index (χ4v) is 7.80. The van der Waals surface area contributed by atoms with Crippen molar-refractivity contribution < 1.29 is 14.3 Å². The van der Waals surface area contributed by atoms with Gasteiger partial charge in [-0.3, -0.25) is 9.59 Å². The van der Waals surface area contributed by atoms with Gasteiger partial charge in [0.25, 0.3) is 0 Å². The molecule has 136 valence electrons. The van der Waals surface area contributed by atoms with Gasteiger partial charge < -0.3 is 15.0 Å². The van der Waals surface area contributed by atoms with E-state index in [1.54, 1.807) is 0 Å². The third-order valence-corrected chi connectivity index (χ3v) is 8.53. The number of esters is 1. The predicted molar refractivity (Wildman–Crippen MR) is 95.6 cm³/mol. The highest BCUT2D eigenvalue weighted by Gasteiger charge is 2.79. The number of carbonyl (C=O) groups is 2. The van der Waals surface area contributed by atoms with E-state index in [9.17, 15) is 9.59 Å². The number of hydrogen-bond acceptors (Lipinski definition) is 4.